The Morgan fingerprint density at radius 1 is 0.893 bits per heavy atom. The molecule has 0 aliphatic carbocycles. The Morgan fingerprint density at radius 3 is 2.04 bits per heavy atom. The summed E-state index contributed by atoms with van der Waals surface area (Å²) < 4.78 is 14.2. The van der Waals surface area contributed by atoms with Crippen LogP contribution >= 0.6 is 15.9 Å². The Hall–Kier alpha value is -2.46. The highest BCUT2D eigenvalue weighted by molar-refractivity contribution is 9.10. The number of Topliss-reactive ketones (excluding diaryl/α,β-unsaturated/α-hetero) is 1. The summed E-state index contributed by atoms with van der Waals surface area (Å²) in [7, 11) is 0. The van der Waals surface area contributed by atoms with Gasteiger partial charge in [-0.2, -0.15) is 0 Å². The maximum absolute atomic E-state index is 13.2. The first-order valence-electron chi connectivity index (χ1n) is 9.33. The molecule has 4 heteroatoms. The number of halogens is 2. The van der Waals surface area contributed by atoms with Crippen LogP contribution in [-0.4, -0.2) is 5.78 Å². The zero-order valence-electron chi connectivity index (χ0n) is 16.0. The van der Waals surface area contributed by atoms with E-state index in [1.165, 1.54) is 17.7 Å². The van der Waals surface area contributed by atoms with Crippen molar-refractivity contribution in [2.45, 2.75) is 32.2 Å². The van der Waals surface area contributed by atoms with Crippen LogP contribution in [0.3, 0.4) is 0 Å². The third-order valence-electron chi connectivity index (χ3n) is 4.75. The second-order valence-electron chi connectivity index (χ2n) is 7.16. The number of anilines is 1. The molecule has 0 bridgehead atoms. The van der Waals surface area contributed by atoms with E-state index in [0.29, 0.717) is 17.9 Å². The number of benzene rings is 3. The van der Waals surface area contributed by atoms with Crippen molar-refractivity contribution >= 4 is 27.4 Å². The number of nitrogens with one attached hydrogen (secondary N) is 1. The van der Waals surface area contributed by atoms with Gasteiger partial charge in [0.15, 0.2) is 5.78 Å². The van der Waals surface area contributed by atoms with Crippen molar-refractivity contribution in [1.29, 1.82) is 0 Å². The van der Waals surface area contributed by atoms with Crippen molar-refractivity contribution in [2.24, 2.45) is 0 Å². The fourth-order valence-corrected chi connectivity index (χ4v) is 3.32. The van der Waals surface area contributed by atoms with Crippen molar-refractivity contribution in [1.82, 2.24) is 0 Å². The molecule has 2 nitrogen and oxygen atoms in total. The number of hydrogen-bond acceptors (Lipinski definition) is 2. The highest BCUT2D eigenvalue weighted by Crippen LogP contribution is 2.27. The van der Waals surface area contributed by atoms with E-state index in [4.69, 9.17) is 0 Å². The average molecular weight is 440 g/mol. The quantitative estimate of drug-likeness (QED) is 0.396. The van der Waals surface area contributed by atoms with Crippen LogP contribution in [0.4, 0.5) is 10.1 Å². The fraction of sp³-hybridized carbons (Fsp3) is 0.208. The molecule has 1 unspecified atom stereocenters. The van der Waals surface area contributed by atoms with Gasteiger partial charge in [0.05, 0.1) is 6.04 Å². The Morgan fingerprint density at radius 2 is 1.46 bits per heavy atom. The topological polar surface area (TPSA) is 29.1 Å². The lowest BCUT2D eigenvalue weighted by molar-refractivity contribution is 0.0976. The maximum Gasteiger partial charge on any atom is 0.165 e. The smallest absolute Gasteiger partial charge is 0.165 e. The predicted molar refractivity (Wildman–Crippen MR) is 116 cm³/mol. The molecular weight excluding hydrogens is 417 g/mol. The number of hydrogen-bond donors (Lipinski definition) is 1. The van der Waals surface area contributed by atoms with E-state index in [-0.39, 0.29) is 17.6 Å². The Bertz CT molecular complexity index is 918. The molecule has 144 valence electrons. The molecule has 0 fully saturated rings. The minimum absolute atomic E-state index is 0.0556. The third kappa shape index (κ3) is 5.29. The van der Waals surface area contributed by atoms with Crippen molar-refractivity contribution in [2.75, 3.05) is 5.32 Å². The Balaban J connectivity index is 1.85. The molecule has 3 aromatic carbocycles. The van der Waals surface area contributed by atoms with Gasteiger partial charge >= 0.3 is 0 Å². The lowest BCUT2D eigenvalue weighted by atomic mass is 9.95. The van der Waals surface area contributed by atoms with Crippen molar-refractivity contribution in [3.05, 3.63) is 99.8 Å². The minimum atomic E-state index is -0.283. The van der Waals surface area contributed by atoms with Crippen molar-refractivity contribution < 1.29 is 9.18 Å². The molecular formula is C24H23BrFNO. The van der Waals surface area contributed by atoms with Gasteiger partial charge in [0.2, 0.25) is 0 Å². The van der Waals surface area contributed by atoms with Crippen LogP contribution in [0.15, 0.2) is 77.3 Å². The van der Waals surface area contributed by atoms with Gasteiger partial charge in [-0.15, -0.1) is 0 Å². The molecule has 1 atom stereocenters. The fourth-order valence-electron chi connectivity index (χ4n) is 3.05. The highest BCUT2D eigenvalue weighted by Gasteiger charge is 2.18. The molecule has 0 heterocycles. The monoisotopic (exact) mass is 439 g/mol. The SMILES string of the molecule is CC(C)c1ccc(C(CC(=O)c2ccc(Br)cc2)Nc2ccc(F)cc2)cc1. The van der Waals surface area contributed by atoms with Gasteiger partial charge < -0.3 is 5.32 Å². The second kappa shape index (κ2) is 9.16. The first-order valence-corrected chi connectivity index (χ1v) is 10.1. The normalized spacial score (nSPS) is 12.0. The zero-order valence-corrected chi connectivity index (χ0v) is 17.5. The predicted octanol–water partition coefficient (Wildman–Crippen LogP) is 7.14. The van der Waals surface area contributed by atoms with Crippen LogP contribution in [0.5, 0.6) is 0 Å². The minimum Gasteiger partial charge on any atom is -0.378 e. The van der Waals surface area contributed by atoms with E-state index in [9.17, 15) is 9.18 Å². The van der Waals surface area contributed by atoms with E-state index in [1.807, 2.05) is 24.3 Å². The zero-order chi connectivity index (χ0) is 20.1. The summed E-state index contributed by atoms with van der Waals surface area (Å²) in [5.41, 5.74) is 3.73. The van der Waals surface area contributed by atoms with E-state index in [2.05, 4.69) is 59.4 Å². The van der Waals surface area contributed by atoms with Gasteiger partial charge in [0.1, 0.15) is 5.82 Å². The summed E-state index contributed by atoms with van der Waals surface area (Å²) in [5.74, 6) is 0.219. The highest BCUT2D eigenvalue weighted by atomic mass is 79.9. The first-order chi connectivity index (χ1) is 13.4. The summed E-state index contributed by atoms with van der Waals surface area (Å²) in [6.45, 7) is 4.31. The van der Waals surface area contributed by atoms with Gasteiger partial charge in [-0.05, 0) is 53.4 Å². The van der Waals surface area contributed by atoms with E-state index in [1.54, 1.807) is 12.1 Å². The molecule has 0 aliphatic heterocycles. The summed E-state index contributed by atoms with van der Waals surface area (Å²) in [6.07, 6.45) is 0.306. The lowest BCUT2D eigenvalue weighted by Gasteiger charge is -2.21. The largest absolute Gasteiger partial charge is 0.378 e. The lowest BCUT2D eigenvalue weighted by Crippen LogP contribution is -2.16. The van der Waals surface area contributed by atoms with Gasteiger partial charge in [-0.1, -0.05) is 66.2 Å². The molecule has 3 rings (SSSR count). The molecule has 0 saturated carbocycles. The molecule has 0 aromatic heterocycles. The first kappa shape index (κ1) is 20.3. The number of rotatable bonds is 7. The second-order valence-corrected chi connectivity index (χ2v) is 8.08. The van der Waals surface area contributed by atoms with Gasteiger partial charge in [0, 0.05) is 22.1 Å². The van der Waals surface area contributed by atoms with Gasteiger partial charge in [-0.3, -0.25) is 4.79 Å². The third-order valence-corrected chi connectivity index (χ3v) is 5.28. The summed E-state index contributed by atoms with van der Waals surface area (Å²) >= 11 is 3.40. The van der Waals surface area contributed by atoms with Gasteiger partial charge in [0.25, 0.3) is 0 Å². The maximum atomic E-state index is 13.2. The molecule has 0 saturated heterocycles. The number of carbonyl (C=O) groups excluding carboxylic acids is 1. The average Bonchev–Trinajstić information content (AvgIpc) is 2.69. The van der Waals surface area contributed by atoms with Crippen LogP contribution in [0.1, 0.15) is 53.7 Å². The van der Waals surface area contributed by atoms with Crippen LogP contribution in [0.25, 0.3) is 0 Å². The van der Waals surface area contributed by atoms with Crippen LogP contribution < -0.4 is 5.32 Å². The molecule has 1 N–H and O–H groups in total. The molecule has 0 aliphatic rings. The van der Waals surface area contributed by atoms with E-state index < -0.39 is 0 Å². The summed E-state index contributed by atoms with van der Waals surface area (Å²) in [5, 5.41) is 3.39. The van der Waals surface area contributed by atoms with Crippen LogP contribution in [0.2, 0.25) is 0 Å². The van der Waals surface area contributed by atoms with Crippen LogP contribution in [-0.2, 0) is 0 Å². The van der Waals surface area contributed by atoms with Crippen molar-refractivity contribution in [3.8, 4) is 0 Å². The molecule has 0 radical (unpaired) electrons. The summed E-state index contributed by atoms with van der Waals surface area (Å²) in [6, 6.07) is 21.7. The Kier molecular flexibility index (Phi) is 6.63. The van der Waals surface area contributed by atoms with E-state index >= 15 is 0 Å². The molecule has 0 amide bonds. The van der Waals surface area contributed by atoms with Crippen molar-refractivity contribution in [3.63, 3.8) is 0 Å². The number of carbonyl (C=O) groups is 1. The number of ketones is 1. The van der Waals surface area contributed by atoms with Gasteiger partial charge in [-0.25, -0.2) is 4.39 Å². The molecule has 3 aromatic rings. The molecule has 28 heavy (non-hydrogen) atoms. The summed E-state index contributed by atoms with van der Waals surface area (Å²) in [4.78, 5) is 12.8. The molecule has 0 spiro atoms. The van der Waals surface area contributed by atoms with Crippen LogP contribution in [0, 0.1) is 5.82 Å². The van der Waals surface area contributed by atoms with E-state index in [0.717, 1.165) is 15.7 Å². The standard InChI is InChI=1S/C24H23BrFNO/c1-16(2)17-3-5-18(6-4-17)23(27-22-13-11-21(26)12-14-22)15-24(28)19-7-9-20(25)10-8-19/h3-14,16,23,27H,15H2,1-2H3. The Labute approximate surface area is 173 Å².